The van der Waals surface area contributed by atoms with Gasteiger partial charge in [0.25, 0.3) is 10.0 Å². The van der Waals surface area contributed by atoms with Crippen molar-refractivity contribution in [3.05, 3.63) is 77.3 Å². The van der Waals surface area contributed by atoms with Crippen molar-refractivity contribution >= 4 is 38.9 Å². The standard InChI is InChI=1S/C21H18ClNO4S2/c1-13-19(15-5-3-2-4-6-15)21(13,20(24)25)23-29(26,27)18-12-11-17(28-18)14-7-9-16(22)10-8-14/h2-13,19,23H,1H3,(H,24,25)/t13?,19-,21+/m1/s1. The highest BCUT2D eigenvalue weighted by molar-refractivity contribution is 7.91. The van der Waals surface area contributed by atoms with Crippen LogP contribution in [-0.2, 0) is 14.8 Å². The van der Waals surface area contributed by atoms with Crippen LogP contribution in [0.3, 0.4) is 0 Å². The lowest BCUT2D eigenvalue weighted by Gasteiger charge is -2.15. The normalized spacial score (nSPS) is 23.7. The van der Waals surface area contributed by atoms with Crippen LogP contribution in [0.15, 0.2) is 70.9 Å². The van der Waals surface area contributed by atoms with Gasteiger partial charge in [-0.15, -0.1) is 11.3 Å². The third-order valence-electron chi connectivity index (χ3n) is 5.39. The van der Waals surface area contributed by atoms with E-state index in [-0.39, 0.29) is 10.1 Å². The quantitative estimate of drug-likeness (QED) is 0.578. The largest absolute Gasteiger partial charge is 0.480 e. The van der Waals surface area contributed by atoms with E-state index in [0.717, 1.165) is 27.3 Å². The molecule has 29 heavy (non-hydrogen) atoms. The highest BCUT2D eigenvalue weighted by Gasteiger charge is 2.70. The van der Waals surface area contributed by atoms with Crippen LogP contribution in [0.5, 0.6) is 0 Å². The second-order valence-corrected chi connectivity index (χ2v) is 10.5. The first-order chi connectivity index (χ1) is 13.8. The number of nitrogens with one attached hydrogen (secondary N) is 1. The van der Waals surface area contributed by atoms with Crippen LogP contribution in [0, 0.1) is 5.92 Å². The van der Waals surface area contributed by atoms with Gasteiger partial charge in [-0.05, 0) is 41.3 Å². The van der Waals surface area contributed by atoms with Gasteiger partial charge < -0.3 is 5.11 Å². The zero-order chi connectivity index (χ0) is 20.8. The highest BCUT2D eigenvalue weighted by Crippen LogP contribution is 2.58. The van der Waals surface area contributed by atoms with E-state index in [1.54, 1.807) is 25.1 Å². The Balaban J connectivity index is 1.64. The number of aliphatic carboxylic acids is 1. The molecule has 3 aromatic rings. The Bertz CT molecular complexity index is 1160. The van der Waals surface area contributed by atoms with Crippen molar-refractivity contribution in [1.82, 2.24) is 4.72 Å². The SMILES string of the molecule is CC1[C@H](c2ccccc2)[C@]1(NS(=O)(=O)c1ccc(-c2ccc(Cl)cc2)s1)C(=O)O. The van der Waals surface area contributed by atoms with Crippen molar-refractivity contribution in [2.24, 2.45) is 5.92 Å². The minimum atomic E-state index is -4.01. The molecule has 0 spiro atoms. The second-order valence-electron chi connectivity index (χ2n) is 7.08. The first-order valence-corrected chi connectivity index (χ1v) is 11.6. The lowest BCUT2D eigenvalue weighted by molar-refractivity contribution is -0.140. The van der Waals surface area contributed by atoms with Crippen LogP contribution < -0.4 is 4.72 Å². The summed E-state index contributed by atoms with van der Waals surface area (Å²) in [4.78, 5) is 12.9. The van der Waals surface area contributed by atoms with E-state index in [0.29, 0.717) is 5.02 Å². The number of carboxylic acid groups (broad SMARTS) is 1. The molecule has 1 heterocycles. The molecular weight excluding hydrogens is 430 g/mol. The summed E-state index contributed by atoms with van der Waals surface area (Å²) >= 11 is 7.00. The van der Waals surface area contributed by atoms with E-state index in [1.807, 2.05) is 42.5 Å². The predicted molar refractivity (Wildman–Crippen MR) is 114 cm³/mol. The summed E-state index contributed by atoms with van der Waals surface area (Å²) in [6.45, 7) is 1.75. The van der Waals surface area contributed by atoms with Crippen LogP contribution >= 0.6 is 22.9 Å². The minimum absolute atomic E-state index is 0.0778. The Kier molecular flexibility index (Phi) is 5.02. The smallest absolute Gasteiger partial charge is 0.325 e. The second kappa shape index (κ2) is 7.25. The van der Waals surface area contributed by atoms with Gasteiger partial charge in [-0.1, -0.05) is 61.0 Å². The molecule has 2 aromatic carbocycles. The summed E-state index contributed by atoms with van der Waals surface area (Å²) in [6, 6.07) is 19.4. The maximum Gasteiger partial charge on any atom is 0.325 e. The van der Waals surface area contributed by atoms with Gasteiger partial charge in [0.05, 0.1) is 0 Å². The predicted octanol–water partition coefficient (Wildman–Crippen LogP) is 4.60. The lowest BCUT2D eigenvalue weighted by atomic mass is 10.1. The number of rotatable bonds is 6. The number of benzene rings is 2. The molecule has 0 bridgehead atoms. The van der Waals surface area contributed by atoms with Gasteiger partial charge in [0.1, 0.15) is 9.75 Å². The van der Waals surface area contributed by atoms with Gasteiger partial charge in [-0.3, -0.25) is 4.79 Å². The molecule has 0 amide bonds. The van der Waals surface area contributed by atoms with Crippen LogP contribution in [0.2, 0.25) is 5.02 Å². The average molecular weight is 448 g/mol. The summed E-state index contributed by atoms with van der Waals surface area (Å²) in [5.74, 6) is -1.96. The van der Waals surface area contributed by atoms with Gasteiger partial charge in [0.15, 0.2) is 0 Å². The topological polar surface area (TPSA) is 83.5 Å². The van der Waals surface area contributed by atoms with E-state index in [4.69, 9.17) is 11.6 Å². The number of carbonyl (C=O) groups is 1. The Morgan fingerprint density at radius 3 is 2.34 bits per heavy atom. The van der Waals surface area contributed by atoms with Crippen molar-refractivity contribution in [3.8, 4) is 10.4 Å². The van der Waals surface area contributed by atoms with Gasteiger partial charge in [0.2, 0.25) is 0 Å². The Morgan fingerprint density at radius 1 is 1.07 bits per heavy atom. The van der Waals surface area contributed by atoms with Crippen molar-refractivity contribution < 1.29 is 18.3 Å². The summed E-state index contributed by atoms with van der Waals surface area (Å²) in [6.07, 6.45) is 0. The maximum absolute atomic E-state index is 13.0. The average Bonchev–Trinajstić information content (AvgIpc) is 3.05. The monoisotopic (exact) mass is 447 g/mol. The molecule has 0 aliphatic heterocycles. The van der Waals surface area contributed by atoms with Crippen LogP contribution in [0.25, 0.3) is 10.4 Å². The number of hydrogen-bond acceptors (Lipinski definition) is 4. The van der Waals surface area contributed by atoms with E-state index in [1.165, 1.54) is 6.07 Å². The fourth-order valence-corrected chi connectivity index (χ4v) is 6.70. The molecule has 1 unspecified atom stereocenters. The van der Waals surface area contributed by atoms with E-state index in [2.05, 4.69) is 4.72 Å². The van der Waals surface area contributed by atoms with Gasteiger partial charge in [-0.25, -0.2) is 8.42 Å². The van der Waals surface area contributed by atoms with Crippen LogP contribution in [0.1, 0.15) is 18.4 Å². The summed E-state index contributed by atoms with van der Waals surface area (Å²) < 4.78 is 28.6. The first-order valence-electron chi connectivity index (χ1n) is 8.94. The molecule has 8 heteroatoms. The Labute approximate surface area is 178 Å². The molecule has 4 rings (SSSR count). The van der Waals surface area contributed by atoms with E-state index >= 15 is 0 Å². The zero-order valence-corrected chi connectivity index (χ0v) is 17.8. The molecule has 5 nitrogen and oxygen atoms in total. The van der Waals surface area contributed by atoms with Crippen molar-refractivity contribution in [2.75, 3.05) is 0 Å². The summed E-state index contributed by atoms with van der Waals surface area (Å²) in [5, 5.41) is 10.5. The third kappa shape index (κ3) is 3.48. The molecule has 1 fully saturated rings. The third-order valence-corrected chi connectivity index (χ3v) is 8.75. The van der Waals surface area contributed by atoms with Gasteiger partial charge >= 0.3 is 5.97 Å². The van der Waals surface area contributed by atoms with Gasteiger partial charge in [0, 0.05) is 15.8 Å². The highest BCUT2D eigenvalue weighted by atomic mass is 35.5. The number of thiophene rings is 1. The molecule has 1 aliphatic rings. The van der Waals surface area contributed by atoms with Crippen molar-refractivity contribution in [1.29, 1.82) is 0 Å². The summed E-state index contributed by atoms with van der Waals surface area (Å²) in [7, 11) is -4.01. The number of hydrogen-bond donors (Lipinski definition) is 2. The van der Waals surface area contributed by atoms with E-state index < -0.39 is 27.4 Å². The number of carboxylic acids is 1. The Morgan fingerprint density at radius 2 is 1.72 bits per heavy atom. The van der Waals surface area contributed by atoms with Crippen molar-refractivity contribution in [2.45, 2.75) is 22.6 Å². The molecule has 1 aliphatic carbocycles. The first kappa shape index (κ1) is 20.1. The lowest BCUT2D eigenvalue weighted by Crippen LogP contribution is -2.45. The number of halogens is 1. The van der Waals surface area contributed by atoms with E-state index in [9.17, 15) is 18.3 Å². The van der Waals surface area contributed by atoms with Gasteiger partial charge in [-0.2, -0.15) is 4.72 Å². The molecule has 1 saturated carbocycles. The maximum atomic E-state index is 13.0. The summed E-state index contributed by atoms with van der Waals surface area (Å²) in [5.41, 5.74) is 0.0961. The molecule has 0 radical (unpaired) electrons. The van der Waals surface area contributed by atoms with Crippen LogP contribution in [0.4, 0.5) is 0 Å². The molecule has 0 saturated heterocycles. The molecular formula is C21H18ClNO4S2. The van der Waals surface area contributed by atoms with Crippen molar-refractivity contribution in [3.63, 3.8) is 0 Å². The molecule has 3 atom stereocenters. The minimum Gasteiger partial charge on any atom is -0.480 e. The molecule has 150 valence electrons. The zero-order valence-electron chi connectivity index (χ0n) is 15.4. The Hall–Kier alpha value is -2.19. The number of sulfonamides is 1. The fourth-order valence-electron chi connectivity index (χ4n) is 3.81. The molecule has 2 N–H and O–H groups in total. The fraction of sp³-hybridized carbons (Fsp3) is 0.190. The van der Waals surface area contributed by atoms with Crippen LogP contribution in [-0.4, -0.2) is 25.0 Å². The molecule has 1 aromatic heterocycles.